The second-order valence-electron chi connectivity index (χ2n) is 4.14. The van der Waals surface area contributed by atoms with Crippen molar-refractivity contribution < 1.29 is 14.3 Å². The highest BCUT2D eigenvalue weighted by Crippen LogP contribution is 2.32. The molecular weight excluding hydrogens is 276 g/mol. The molecule has 2 rings (SSSR count). The molecule has 0 amide bonds. The van der Waals surface area contributed by atoms with Gasteiger partial charge in [0.15, 0.2) is 4.88 Å². The summed E-state index contributed by atoms with van der Waals surface area (Å²) in [5, 5.41) is 0. The number of methoxy groups -OCH3 is 1. The Morgan fingerprint density at radius 3 is 2.65 bits per heavy atom. The number of hydrogen-bond donors (Lipinski definition) is 1. The highest BCUT2D eigenvalue weighted by molar-refractivity contribution is 7.09. The summed E-state index contributed by atoms with van der Waals surface area (Å²) < 4.78 is 14.4. The van der Waals surface area contributed by atoms with Crippen LogP contribution in [0.3, 0.4) is 0 Å². The minimum absolute atomic E-state index is 0.328. The van der Waals surface area contributed by atoms with Crippen molar-refractivity contribution >= 4 is 23.2 Å². The Morgan fingerprint density at radius 1 is 1.35 bits per heavy atom. The van der Waals surface area contributed by atoms with E-state index in [0.717, 1.165) is 29.3 Å². The Bertz CT molecular complexity index is 593. The number of aromatic nitrogens is 1. The van der Waals surface area contributed by atoms with Crippen LogP contribution in [0.1, 0.15) is 23.0 Å². The average Bonchev–Trinajstić information content (AvgIpc) is 2.86. The summed E-state index contributed by atoms with van der Waals surface area (Å²) in [6, 6.07) is 7.47. The van der Waals surface area contributed by atoms with Gasteiger partial charge >= 0.3 is 5.97 Å². The van der Waals surface area contributed by atoms with Crippen LogP contribution in [0.25, 0.3) is 11.3 Å². The Balaban J connectivity index is 2.24. The number of nitrogens with zero attached hydrogens (tertiary/aromatic N) is 1. The van der Waals surface area contributed by atoms with Crippen LogP contribution in [-0.4, -0.2) is 24.1 Å². The quantitative estimate of drug-likeness (QED) is 0.857. The van der Waals surface area contributed by atoms with Crippen molar-refractivity contribution in [1.29, 1.82) is 0 Å². The van der Waals surface area contributed by atoms with E-state index in [1.807, 2.05) is 24.3 Å². The predicted molar refractivity (Wildman–Crippen MR) is 79.1 cm³/mol. The molecule has 2 N–H and O–H groups in total. The van der Waals surface area contributed by atoms with Gasteiger partial charge in [-0.2, -0.15) is 4.37 Å². The SMILES string of the molecule is CCCOc1ccc(-c2nsc(C(=O)OC)c2N)cc1. The average molecular weight is 292 g/mol. The van der Waals surface area contributed by atoms with Gasteiger partial charge in [-0.15, -0.1) is 0 Å². The van der Waals surface area contributed by atoms with E-state index in [4.69, 9.17) is 10.5 Å². The standard InChI is InChI=1S/C14H16N2O3S/c1-3-8-19-10-6-4-9(5-7-10)12-11(15)13(20-16-12)14(17)18-2/h4-7H,3,8,15H2,1-2H3. The molecule has 5 nitrogen and oxygen atoms in total. The number of carbonyl (C=O) groups is 1. The molecule has 0 saturated heterocycles. The van der Waals surface area contributed by atoms with Crippen molar-refractivity contribution in [3.63, 3.8) is 0 Å². The van der Waals surface area contributed by atoms with E-state index < -0.39 is 5.97 Å². The zero-order valence-corrected chi connectivity index (χ0v) is 12.2. The number of nitrogen functional groups attached to an aromatic ring is 1. The number of hydrogen-bond acceptors (Lipinski definition) is 6. The molecule has 0 aliphatic heterocycles. The van der Waals surface area contributed by atoms with Crippen LogP contribution in [0.2, 0.25) is 0 Å². The maximum Gasteiger partial charge on any atom is 0.351 e. The van der Waals surface area contributed by atoms with Crippen LogP contribution in [0.5, 0.6) is 5.75 Å². The van der Waals surface area contributed by atoms with E-state index in [-0.39, 0.29) is 0 Å². The summed E-state index contributed by atoms with van der Waals surface area (Å²) in [5.41, 5.74) is 7.74. The van der Waals surface area contributed by atoms with E-state index >= 15 is 0 Å². The van der Waals surface area contributed by atoms with Crippen LogP contribution in [0.4, 0.5) is 5.69 Å². The minimum atomic E-state index is -0.464. The lowest BCUT2D eigenvalue weighted by atomic mass is 10.1. The molecule has 0 bridgehead atoms. The van der Waals surface area contributed by atoms with Crippen molar-refractivity contribution in [1.82, 2.24) is 4.37 Å². The third-order valence-electron chi connectivity index (χ3n) is 2.70. The van der Waals surface area contributed by atoms with Gasteiger partial charge < -0.3 is 15.2 Å². The second kappa shape index (κ2) is 6.38. The number of benzene rings is 1. The van der Waals surface area contributed by atoms with Gasteiger partial charge in [-0.05, 0) is 42.2 Å². The van der Waals surface area contributed by atoms with E-state index in [1.165, 1.54) is 7.11 Å². The second-order valence-corrected chi connectivity index (χ2v) is 4.91. The van der Waals surface area contributed by atoms with Gasteiger partial charge in [0.2, 0.25) is 0 Å². The van der Waals surface area contributed by atoms with Gasteiger partial charge in [0.25, 0.3) is 0 Å². The van der Waals surface area contributed by atoms with Crippen LogP contribution >= 0.6 is 11.5 Å². The molecule has 1 aromatic carbocycles. The zero-order chi connectivity index (χ0) is 14.5. The first-order valence-electron chi connectivity index (χ1n) is 6.24. The van der Waals surface area contributed by atoms with E-state index in [1.54, 1.807) is 0 Å². The normalized spacial score (nSPS) is 10.3. The van der Waals surface area contributed by atoms with Crippen LogP contribution in [-0.2, 0) is 4.74 Å². The number of esters is 1. The molecule has 0 saturated carbocycles. The molecule has 1 aromatic heterocycles. The largest absolute Gasteiger partial charge is 0.494 e. The molecule has 2 aromatic rings. The summed E-state index contributed by atoms with van der Waals surface area (Å²) in [6.45, 7) is 2.74. The first-order valence-corrected chi connectivity index (χ1v) is 7.01. The summed E-state index contributed by atoms with van der Waals surface area (Å²) in [6.07, 6.45) is 0.962. The number of carbonyl (C=O) groups excluding carboxylic acids is 1. The molecule has 0 spiro atoms. The van der Waals surface area contributed by atoms with E-state index in [0.29, 0.717) is 22.9 Å². The lowest BCUT2D eigenvalue weighted by Gasteiger charge is -2.05. The fraction of sp³-hybridized carbons (Fsp3) is 0.286. The maximum absolute atomic E-state index is 11.5. The lowest BCUT2D eigenvalue weighted by Crippen LogP contribution is -2.02. The molecular formula is C14H16N2O3S. The van der Waals surface area contributed by atoms with Gasteiger partial charge in [0.05, 0.1) is 19.4 Å². The third kappa shape index (κ3) is 2.91. The molecule has 0 radical (unpaired) electrons. The lowest BCUT2D eigenvalue weighted by molar-refractivity contribution is 0.0607. The Morgan fingerprint density at radius 2 is 2.05 bits per heavy atom. The molecule has 0 unspecified atom stereocenters. The van der Waals surface area contributed by atoms with Crippen molar-refractivity contribution in [2.45, 2.75) is 13.3 Å². The van der Waals surface area contributed by atoms with E-state index in [2.05, 4.69) is 16.0 Å². The first kappa shape index (κ1) is 14.3. The fourth-order valence-corrected chi connectivity index (χ4v) is 2.41. The van der Waals surface area contributed by atoms with Crippen LogP contribution in [0, 0.1) is 0 Å². The number of rotatable bonds is 5. The van der Waals surface area contributed by atoms with Crippen molar-refractivity contribution in [3.05, 3.63) is 29.1 Å². The van der Waals surface area contributed by atoms with Crippen LogP contribution < -0.4 is 10.5 Å². The number of anilines is 1. The summed E-state index contributed by atoms with van der Waals surface area (Å²) in [5.74, 6) is 0.340. The Hall–Kier alpha value is -2.08. The maximum atomic E-state index is 11.5. The highest BCUT2D eigenvalue weighted by atomic mass is 32.1. The van der Waals surface area contributed by atoms with Crippen molar-refractivity contribution in [3.8, 4) is 17.0 Å². The topological polar surface area (TPSA) is 74.4 Å². The number of ether oxygens (including phenoxy) is 2. The fourth-order valence-electron chi connectivity index (χ4n) is 1.67. The summed E-state index contributed by atoms with van der Waals surface area (Å²) >= 11 is 1.04. The molecule has 0 aliphatic rings. The molecule has 0 atom stereocenters. The highest BCUT2D eigenvalue weighted by Gasteiger charge is 2.18. The molecule has 106 valence electrons. The Labute approximate surface area is 121 Å². The molecule has 0 fully saturated rings. The smallest absolute Gasteiger partial charge is 0.351 e. The zero-order valence-electron chi connectivity index (χ0n) is 11.4. The van der Waals surface area contributed by atoms with Gasteiger partial charge in [0.1, 0.15) is 11.4 Å². The van der Waals surface area contributed by atoms with Gasteiger partial charge in [-0.25, -0.2) is 4.79 Å². The van der Waals surface area contributed by atoms with Crippen LogP contribution in [0.15, 0.2) is 24.3 Å². The van der Waals surface area contributed by atoms with Gasteiger partial charge in [0, 0.05) is 5.56 Å². The van der Waals surface area contributed by atoms with Crippen molar-refractivity contribution in [2.24, 2.45) is 0 Å². The van der Waals surface area contributed by atoms with Gasteiger partial charge in [-0.3, -0.25) is 0 Å². The monoisotopic (exact) mass is 292 g/mol. The first-order chi connectivity index (χ1) is 9.67. The third-order valence-corrected chi connectivity index (χ3v) is 3.54. The minimum Gasteiger partial charge on any atom is -0.494 e. The molecule has 0 aliphatic carbocycles. The molecule has 20 heavy (non-hydrogen) atoms. The summed E-state index contributed by atoms with van der Waals surface area (Å²) in [4.78, 5) is 11.8. The van der Waals surface area contributed by atoms with Crippen molar-refractivity contribution in [2.75, 3.05) is 19.5 Å². The van der Waals surface area contributed by atoms with E-state index in [9.17, 15) is 4.79 Å². The summed E-state index contributed by atoms with van der Waals surface area (Å²) in [7, 11) is 1.32. The predicted octanol–water partition coefficient (Wildman–Crippen LogP) is 2.97. The molecule has 6 heteroatoms. The molecule has 1 heterocycles. The van der Waals surface area contributed by atoms with Gasteiger partial charge in [-0.1, -0.05) is 6.92 Å². The Kier molecular flexibility index (Phi) is 4.57. The number of nitrogens with two attached hydrogens (primary N) is 1.